The van der Waals surface area contributed by atoms with Crippen LogP contribution in [-0.4, -0.2) is 51.2 Å². The first-order valence-corrected chi connectivity index (χ1v) is 13.4. The number of rotatable bonds is 11. The topological polar surface area (TPSA) is 144 Å². The van der Waals surface area contributed by atoms with E-state index in [0.717, 1.165) is 5.56 Å². The molecule has 0 radical (unpaired) electrons. The zero-order valence-electron chi connectivity index (χ0n) is 22.8. The third-order valence-corrected chi connectivity index (χ3v) is 6.74. The number of hydrogen-bond acceptors (Lipinski definition) is 6. The smallest absolute Gasteiger partial charge is 0.426 e. The van der Waals surface area contributed by atoms with Crippen LogP contribution in [0.4, 0.5) is 4.39 Å². The van der Waals surface area contributed by atoms with Gasteiger partial charge in [0, 0.05) is 18.2 Å². The molecular weight excluding hydrogens is 526 g/mol. The van der Waals surface area contributed by atoms with Gasteiger partial charge in [0.05, 0.1) is 22.6 Å². The van der Waals surface area contributed by atoms with Crippen molar-refractivity contribution in [2.75, 3.05) is 0 Å². The third-order valence-electron chi connectivity index (χ3n) is 6.74. The Morgan fingerprint density at radius 1 is 0.951 bits per heavy atom. The Morgan fingerprint density at radius 2 is 1.63 bits per heavy atom. The van der Waals surface area contributed by atoms with Gasteiger partial charge >= 0.3 is 7.12 Å². The Balaban J connectivity index is 1.59. The Kier molecular flexibility index (Phi) is 9.64. The van der Waals surface area contributed by atoms with Crippen LogP contribution in [-0.2, 0) is 17.6 Å². The van der Waals surface area contributed by atoms with E-state index in [1.165, 1.54) is 18.2 Å². The lowest BCUT2D eigenvalue weighted by molar-refractivity contribution is -0.123. The number of carbonyl (C=O) groups is 2. The molecule has 2 atom stereocenters. The number of aromatic amines is 1. The Bertz CT molecular complexity index is 1580. The van der Waals surface area contributed by atoms with Crippen LogP contribution in [0.15, 0.2) is 77.6 Å². The Morgan fingerprint density at radius 3 is 2.32 bits per heavy atom. The van der Waals surface area contributed by atoms with Crippen molar-refractivity contribution < 1.29 is 24.0 Å². The van der Waals surface area contributed by atoms with Gasteiger partial charge in [0.25, 0.3) is 11.5 Å². The van der Waals surface area contributed by atoms with Crippen LogP contribution in [0, 0.1) is 11.7 Å². The molecule has 0 saturated heterocycles. The molecule has 0 bridgehead atoms. The van der Waals surface area contributed by atoms with Gasteiger partial charge in [0.2, 0.25) is 5.91 Å². The molecule has 2 amide bonds. The summed E-state index contributed by atoms with van der Waals surface area (Å²) in [5.74, 6) is -3.08. The number of hydrogen-bond donors (Lipinski definition) is 5. The Labute approximate surface area is 237 Å². The lowest BCUT2D eigenvalue weighted by Gasteiger charge is -2.24. The quantitative estimate of drug-likeness (QED) is 0.179. The molecule has 3 aromatic carbocycles. The first-order valence-electron chi connectivity index (χ1n) is 13.4. The van der Waals surface area contributed by atoms with Gasteiger partial charge in [-0.05, 0) is 41.7 Å². The van der Waals surface area contributed by atoms with Gasteiger partial charge in [0.15, 0.2) is 0 Å². The highest BCUT2D eigenvalue weighted by Crippen LogP contribution is 2.19. The number of nitrogens with zero attached hydrogens (tertiary/aromatic N) is 1. The number of halogens is 1. The highest BCUT2D eigenvalue weighted by Gasteiger charge is 2.30. The molecule has 0 aliphatic rings. The normalized spacial score (nSPS) is 12.6. The zero-order valence-corrected chi connectivity index (χ0v) is 22.8. The van der Waals surface area contributed by atoms with Crippen molar-refractivity contribution in [3.63, 3.8) is 0 Å². The van der Waals surface area contributed by atoms with Crippen molar-refractivity contribution >= 4 is 29.7 Å². The lowest BCUT2D eigenvalue weighted by Crippen LogP contribution is -2.55. The van der Waals surface area contributed by atoms with Crippen molar-refractivity contribution in [1.82, 2.24) is 20.8 Å². The summed E-state index contributed by atoms with van der Waals surface area (Å²) in [5.41, 5.74) is 1.30. The molecule has 212 valence electrons. The van der Waals surface area contributed by atoms with Gasteiger partial charge in [-0.15, -0.1) is 0 Å². The molecule has 0 spiro atoms. The summed E-state index contributed by atoms with van der Waals surface area (Å²) >= 11 is 0. The molecule has 4 aromatic rings. The van der Waals surface area contributed by atoms with Gasteiger partial charge in [-0.3, -0.25) is 14.4 Å². The molecule has 11 heteroatoms. The molecule has 5 N–H and O–H groups in total. The van der Waals surface area contributed by atoms with Crippen LogP contribution < -0.4 is 16.2 Å². The monoisotopic (exact) mass is 558 g/mol. The maximum atomic E-state index is 14.9. The molecule has 0 aliphatic carbocycles. The Hall–Kier alpha value is -4.35. The summed E-state index contributed by atoms with van der Waals surface area (Å²) in [6, 6.07) is 19.0. The molecule has 0 saturated carbocycles. The van der Waals surface area contributed by atoms with E-state index in [0.29, 0.717) is 28.5 Å². The molecule has 0 fully saturated rings. The standard InChI is InChI=1S/C30H32BFN4O5/c1-18(2)14-27(31(40)41)34-30(39)26(16-19-8-4-3-5-9-19)33-28(37)23-15-20(12-13-24(23)32)17-25-21-10-6-7-11-22(21)29(38)36-35-25/h3-13,15,18,26-27,40-41H,14,16-17H2,1-2H3,(H,33,37)(H,34,39)(H,36,38)/t26-,27-/m0/s1. The minimum atomic E-state index is -1.79. The highest BCUT2D eigenvalue weighted by atomic mass is 19.1. The summed E-state index contributed by atoms with van der Waals surface area (Å²) in [5, 5.41) is 32.6. The van der Waals surface area contributed by atoms with Crippen LogP contribution in [0.3, 0.4) is 0 Å². The summed E-state index contributed by atoms with van der Waals surface area (Å²) in [6.45, 7) is 3.76. The number of amides is 2. The first-order chi connectivity index (χ1) is 19.6. The molecule has 1 heterocycles. The number of aromatic nitrogens is 2. The zero-order chi connectivity index (χ0) is 29.5. The molecule has 9 nitrogen and oxygen atoms in total. The predicted octanol–water partition coefficient (Wildman–Crippen LogP) is 2.54. The minimum Gasteiger partial charge on any atom is -0.426 e. The summed E-state index contributed by atoms with van der Waals surface area (Å²) in [6.07, 6.45) is 0.625. The summed E-state index contributed by atoms with van der Waals surface area (Å²) < 4.78 is 14.9. The van der Waals surface area contributed by atoms with Crippen LogP contribution in [0.2, 0.25) is 0 Å². The van der Waals surface area contributed by atoms with E-state index in [9.17, 15) is 28.8 Å². The second-order valence-electron chi connectivity index (χ2n) is 10.4. The second-order valence-corrected chi connectivity index (χ2v) is 10.4. The van der Waals surface area contributed by atoms with Gasteiger partial charge in [0.1, 0.15) is 11.9 Å². The summed E-state index contributed by atoms with van der Waals surface area (Å²) in [7, 11) is -1.79. The van der Waals surface area contributed by atoms with Crippen molar-refractivity contribution in [2.24, 2.45) is 5.92 Å². The van der Waals surface area contributed by atoms with Crippen LogP contribution in [0.5, 0.6) is 0 Å². The maximum Gasteiger partial charge on any atom is 0.475 e. The lowest BCUT2D eigenvalue weighted by atomic mass is 9.75. The van der Waals surface area contributed by atoms with Crippen molar-refractivity contribution in [2.45, 2.75) is 45.1 Å². The molecular formula is C30H32BFN4O5. The number of carbonyl (C=O) groups excluding carboxylic acids is 2. The van der Waals surface area contributed by atoms with E-state index in [1.807, 2.05) is 19.9 Å². The third kappa shape index (κ3) is 7.65. The summed E-state index contributed by atoms with van der Waals surface area (Å²) in [4.78, 5) is 38.7. The van der Waals surface area contributed by atoms with E-state index < -0.39 is 36.7 Å². The number of H-pyrrole nitrogens is 1. The van der Waals surface area contributed by atoms with Crippen LogP contribution >= 0.6 is 0 Å². The predicted molar refractivity (Wildman–Crippen MR) is 155 cm³/mol. The average molecular weight is 558 g/mol. The first kappa shape index (κ1) is 29.6. The number of fused-ring (bicyclic) bond motifs is 1. The fourth-order valence-corrected chi connectivity index (χ4v) is 4.70. The van der Waals surface area contributed by atoms with Gasteiger partial charge < -0.3 is 20.7 Å². The fourth-order valence-electron chi connectivity index (χ4n) is 4.70. The minimum absolute atomic E-state index is 0.0650. The van der Waals surface area contributed by atoms with Crippen LogP contribution in [0.25, 0.3) is 10.8 Å². The van der Waals surface area contributed by atoms with Gasteiger partial charge in [-0.1, -0.05) is 68.4 Å². The van der Waals surface area contributed by atoms with Gasteiger partial charge in [-0.2, -0.15) is 5.10 Å². The molecule has 4 rings (SSSR count). The fraction of sp³-hybridized carbons (Fsp3) is 0.267. The molecule has 0 aliphatic heterocycles. The highest BCUT2D eigenvalue weighted by molar-refractivity contribution is 6.43. The number of nitrogens with one attached hydrogen (secondary N) is 3. The van der Waals surface area contributed by atoms with E-state index in [1.54, 1.807) is 48.5 Å². The molecule has 0 unspecified atom stereocenters. The number of benzene rings is 3. The van der Waals surface area contributed by atoms with E-state index >= 15 is 0 Å². The van der Waals surface area contributed by atoms with E-state index in [4.69, 9.17) is 0 Å². The molecule has 41 heavy (non-hydrogen) atoms. The van der Waals surface area contributed by atoms with Crippen molar-refractivity contribution in [3.8, 4) is 0 Å². The van der Waals surface area contributed by atoms with E-state index in [2.05, 4.69) is 20.8 Å². The largest absolute Gasteiger partial charge is 0.475 e. The maximum absolute atomic E-state index is 14.9. The SMILES string of the molecule is CC(C)C[C@H](NC(=O)[C@H](Cc1ccccc1)NC(=O)c1cc(Cc2n[nH]c(=O)c3ccccc23)ccc1F)B(O)O. The van der Waals surface area contributed by atoms with Crippen molar-refractivity contribution in [3.05, 3.63) is 111 Å². The van der Waals surface area contributed by atoms with E-state index in [-0.39, 0.29) is 29.9 Å². The molecule has 1 aromatic heterocycles. The van der Waals surface area contributed by atoms with Gasteiger partial charge in [-0.25, -0.2) is 9.49 Å². The van der Waals surface area contributed by atoms with Crippen molar-refractivity contribution in [1.29, 1.82) is 0 Å². The second kappa shape index (κ2) is 13.3. The van der Waals surface area contributed by atoms with Crippen LogP contribution in [0.1, 0.15) is 47.4 Å². The average Bonchev–Trinajstić information content (AvgIpc) is 2.95.